The molecular formula is C16H23BrO2. The Hall–Kier alpha value is -0.540. The molecule has 1 aliphatic carbocycles. The molecule has 2 nitrogen and oxygen atoms in total. The fraction of sp³-hybridized carbons (Fsp3) is 0.625. The Kier molecular flexibility index (Phi) is 4.91. The third kappa shape index (κ3) is 3.14. The van der Waals surface area contributed by atoms with Gasteiger partial charge in [0.15, 0.2) is 0 Å². The molecule has 0 heterocycles. The molecule has 1 fully saturated rings. The Morgan fingerprint density at radius 1 is 1.37 bits per heavy atom. The summed E-state index contributed by atoms with van der Waals surface area (Å²) < 4.78 is 6.19. The van der Waals surface area contributed by atoms with Gasteiger partial charge >= 0.3 is 0 Å². The van der Waals surface area contributed by atoms with E-state index in [9.17, 15) is 5.11 Å². The Morgan fingerprint density at radius 3 is 2.58 bits per heavy atom. The number of rotatable bonds is 5. The van der Waals surface area contributed by atoms with Crippen molar-refractivity contribution in [2.24, 2.45) is 5.41 Å². The molecule has 1 aromatic rings. The van der Waals surface area contributed by atoms with Gasteiger partial charge in [0, 0.05) is 0 Å². The number of methoxy groups -OCH3 is 1. The van der Waals surface area contributed by atoms with Crippen LogP contribution in [0.4, 0.5) is 0 Å². The number of ether oxygens (including phenoxy) is 1. The second-order valence-electron chi connectivity index (χ2n) is 5.61. The molecule has 0 spiro atoms. The molecular weight excluding hydrogens is 304 g/mol. The standard InChI is InChI=1S/C16H23BrO2/c1-3-16(8-4-5-9-16)15(18)11-12-6-7-14(19-2)13(17)10-12/h6-7,10,15,18H,3-5,8-9,11H2,1-2H3. The van der Waals surface area contributed by atoms with Crippen molar-refractivity contribution in [3.63, 3.8) is 0 Å². The lowest BCUT2D eigenvalue weighted by Gasteiger charge is -2.33. The van der Waals surface area contributed by atoms with Gasteiger partial charge in [0.05, 0.1) is 17.7 Å². The maximum absolute atomic E-state index is 10.6. The zero-order valence-electron chi connectivity index (χ0n) is 11.8. The molecule has 1 aromatic carbocycles. The van der Waals surface area contributed by atoms with Gasteiger partial charge < -0.3 is 9.84 Å². The second-order valence-corrected chi connectivity index (χ2v) is 6.47. The molecule has 19 heavy (non-hydrogen) atoms. The summed E-state index contributed by atoms with van der Waals surface area (Å²) in [5.41, 5.74) is 1.31. The Bertz CT molecular complexity index is 425. The van der Waals surface area contributed by atoms with Gasteiger partial charge in [-0.2, -0.15) is 0 Å². The summed E-state index contributed by atoms with van der Waals surface area (Å²) in [4.78, 5) is 0. The first kappa shape index (κ1) is 14.9. The maximum atomic E-state index is 10.6. The zero-order chi connectivity index (χ0) is 13.9. The molecule has 1 atom stereocenters. The minimum absolute atomic E-state index is 0.145. The first-order chi connectivity index (χ1) is 9.11. The highest BCUT2D eigenvalue weighted by molar-refractivity contribution is 9.10. The number of aliphatic hydroxyl groups is 1. The molecule has 0 bridgehead atoms. The molecule has 0 amide bonds. The van der Waals surface area contributed by atoms with E-state index in [0.29, 0.717) is 0 Å². The normalized spacial score (nSPS) is 19.4. The van der Waals surface area contributed by atoms with Crippen molar-refractivity contribution < 1.29 is 9.84 Å². The third-order valence-electron chi connectivity index (χ3n) is 4.66. The molecule has 2 rings (SSSR count). The molecule has 1 N–H and O–H groups in total. The van der Waals surface area contributed by atoms with Crippen LogP contribution in [0.5, 0.6) is 5.75 Å². The fourth-order valence-corrected chi connectivity index (χ4v) is 3.87. The van der Waals surface area contributed by atoms with Crippen molar-refractivity contribution >= 4 is 15.9 Å². The van der Waals surface area contributed by atoms with Crippen molar-refractivity contribution in [2.45, 2.75) is 51.6 Å². The summed E-state index contributed by atoms with van der Waals surface area (Å²) in [6.07, 6.45) is 6.43. The second kappa shape index (κ2) is 6.27. The van der Waals surface area contributed by atoms with Gasteiger partial charge in [-0.05, 0) is 64.7 Å². The van der Waals surface area contributed by atoms with Gasteiger partial charge in [-0.15, -0.1) is 0 Å². The Balaban J connectivity index is 2.10. The van der Waals surface area contributed by atoms with Crippen molar-refractivity contribution in [2.75, 3.05) is 7.11 Å². The number of hydrogen-bond acceptors (Lipinski definition) is 2. The van der Waals surface area contributed by atoms with Gasteiger partial charge in [-0.1, -0.05) is 25.8 Å². The van der Waals surface area contributed by atoms with Crippen LogP contribution in [0.15, 0.2) is 22.7 Å². The van der Waals surface area contributed by atoms with Crippen molar-refractivity contribution in [1.82, 2.24) is 0 Å². The molecule has 1 saturated carbocycles. The molecule has 3 heteroatoms. The van der Waals surface area contributed by atoms with E-state index in [0.717, 1.165) is 23.1 Å². The van der Waals surface area contributed by atoms with Crippen LogP contribution >= 0.6 is 15.9 Å². The predicted octanol–water partition coefficient (Wildman–Crippen LogP) is 4.33. The van der Waals surface area contributed by atoms with Crippen LogP contribution in [0.3, 0.4) is 0 Å². The van der Waals surface area contributed by atoms with Gasteiger partial charge in [-0.3, -0.25) is 0 Å². The van der Waals surface area contributed by atoms with Crippen molar-refractivity contribution in [3.8, 4) is 5.75 Å². The summed E-state index contributed by atoms with van der Waals surface area (Å²) in [5.74, 6) is 0.837. The van der Waals surface area contributed by atoms with Gasteiger partial charge in [0.25, 0.3) is 0 Å². The molecule has 0 radical (unpaired) electrons. The van der Waals surface area contributed by atoms with Crippen LogP contribution in [0.25, 0.3) is 0 Å². The first-order valence-corrected chi connectivity index (χ1v) is 7.91. The maximum Gasteiger partial charge on any atom is 0.133 e. The quantitative estimate of drug-likeness (QED) is 0.872. The predicted molar refractivity (Wildman–Crippen MR) is 81.6 cm³/mol. The monoisotopic (exact) mass is 326 g/mol. The van der Waals surface area contributed by atoms with Crippen LogP contribution in [-0.4, -0.2) is 18.3 Å². The summed E-state index contributed by atoms with van der Waals surface area (Å²) in [5, 5.41) is 10.6. The molecule has 1 aliphatic rings. The topological polar surface area (TPSA) is 29.5 Å². The fourth-order valence-electron chi connectivity index (χ4n) is 3.28. The van der Waals surface area contributed by atoms with Crippen molar-refractivity contribution in [3.05, 3.63) is 28.2 Å². The number of benzene rings is 1. The molecule has 0 aromatic heterocycles. The van der Waals surface area contributed by atoms with E-state index in [1.54, 1.807) is 7.11 Å². The van der Waals surface area contributed by atoms with E-state index >= 15 is 0 Å². The summed E-state index contributed by atoms with van der Waals surface area (Å²) >= 11 is 3.50. The average molecular weight is 327 g/mol. The zero-order valence-corrected chi connectivity index (χ0v) is 13.4. The highest BCUT2D eigenvalue weighted by Crippen LogP contribution is 2.44. The molecule has 106 valence electrons. The highest BCUT2D eigenvalue weighted by Gasteiger charge is 2.38. The van der Waals surface area contributed by atoms with Gasteiger partial charge in [-0.25, -0.2) is 0 Å². The lowest BCUT2D eigenvalue weighted by atomic mass is 9.76. The van der Waals surface area contributed by atoms with Crippen LogP contribution in [0.1, 0.15) is 44.6 Å². The minimum atomic E-state index is -0.236. The van der Waals surface area contributed by atoms with Gasteiger partial charge in [0.2, 0.25) is 0 Å². The van der Waals surface area contributed by atoms with Crippen LogP contribution < -0.4 is 4.74 Å². The van der Waals surface area contributed by atoms with Crippen LogP contribution in [0, 0.1) is 5.41 Å². The van der Waals surface area contributed by atoms with E-state index in [2.05, 4.69) is 28.9 Å². The van der Waals surface area contributed by atoms with Crippen molar-refractivity contribution in [1.29, 1.82) is 0 Å². The van der Waals surface area contributed by atoms with Crippen LogP contribution in [0.2, 0.25) is 0 Å². The highest BCUT2D eigenvalue weighted by atomic mass is 79.9. The summed E-state index contributed by atoms with van der Waals surface area (Å²) in [6, 6.07) is 6.06. The van der Waals surface area contributed by atoms with E-state index in [-0.39, 0.29) is 11.5 Å². The summed E-state index contributed by atoms with van der Waals surface area (Å²) in [7, 11) is 1.67. The van der Waals surface area contributed by atoms with E-state index < -0.39 is 0 Å². The van der Waals surface area contributed by atoms with E-state index in [4.69, 9.17) is 4.74 Å². The Morgan fingerprint density at radius 2 is 2.05 bits per heavy atom. The van der Waals surface area contributed by atoms with E-state index in [1.807, 2.05) is 12.1 Å². The summed E-state index contributed by atoms with van der Waals surface area (Å²) in [6.45, 7) is 2.21. The largest absolute Gasteiger partial charge is 0.496 e. The lowest BCUT2D eigenvalue weighted by molar-refractivity contribution is 0.0257. The average Bonchev–Trinajstić information content (AvgIpc) is 2.89. The third-order valence-corrected chi connectivity index (χ3v) is 5.28. The minimum Gasteiger partial charge on any atom is -0.496 e. The SMILES string of the molecule is CCC1(C(O)Cc2ccc(OC)c(Br)c2)CCCC1. The molecule has 0 saturated heterocycles. The molecule has 1 unspecified atom stereocenters. The number of aliphatic hydroxyl groups excluding tert-OH is 1. The Labute approximate surface area is 124 Å². The smallest absolute Gasteiger partial charge is 0.133 e. The number of hydrogen-bond donors (Lipinski definition) is 1. The first-order valence-electron chi connectivity index (χ1n) is 7.12. The number of halogens is 1. The van der Waals surface area contributed by atoms with E-state index in [1.165, 1.54) is 31.2 Å². The van der Waals surface area contributed by atoms with Gasteiger partial charge in [0.1, 0.15) is 5.75 Å². The van der Waals surface area contributed by atoms with Crippen LogP contribution in [-0.2, 0) is 6.42 Å². The lowest BCUT2D eigenvalue weighted by Crippen LogP contribution is -2.33. The molecule has 0 aliphatic heterocycles.